The van der Waals surface area contributed by atoms with Gasteiger partial charge in [0.1, 0.15) is 24.6 Å². The SMILES string of the molecule is Cl.O=C1CSc2ccc(CN[C@H]3CC[C@@](O)(C(=O)Nc4ccnc5c4OCCO5)CC3)nc2N1. The fraction of sp³-hybridized carbons (Fsp3) is 0.455. The van der Waals surface area contributed by atoms with Crippen molar-refractivity contribution >= 4 is 47.5 Å². The molecular weight excluding hydrogens is 482 g/mol. The number of ether oxygens (including phenoxy) is 2. The molecule has 4 heterocycles. The van der Waals surface area contributed by atoms with E-state index in [1.807, 2.05) is 12.1 Å². The number of anilines is 2. The summed E-state index contributed by atoms with van der Waals surface area (Å²) in [7, 11) is 0. The Bertz CT molecular complexity index is 1080. The lowest BCUT2D eigenvalue weighted by molar-refractivity contribution is -0.137. The van der Waals surface area contributed by atoms with Gasteiger partial charge in [0.05, 0.1) is 22.0 Å². The van der Waals surface area contributed by atoms with Gasteiger partial charge in [-0.25, -0.2) is 9.97 Å². The van der Waals surface area contributed by atoms with Crippen molar-refractivity contribution in [2.24, 2.45) is 0 Å². The van der Waals surface area contributed by atoms with Crippen molar-refractivity contribution < 1.29 is 24.2 Å². The van der Waals surface area contributed by atoms with E-state index in [1.165, 1.54) is 18.0 Å². The van der Waals surface area contributed by atoms with Crippen LogP contribution in [-0.2, 0) is 16.1 Å². The number of rotatable bonds is 5. The molecule has 0 unspecified atom stereocenters. The van der Waals surface area contributed by atoms with E-state index in [0.717, 1.165) is 10.6 Å². The molecule has 0 saturated heterocycles. The Morgan fingerprint density at radius 1 is 1.24 bits per heavy atom. The van der Waals surface area contributed by atoms with Gasteiger partial charge >= 0.3 is 0 Å². The number of aromatic nitrogens is 2. The summed E-state index contributed by atoms with van der Waals surface area (Å²) in [5, 5.41) is 20.0. The van der Waals surface area contributed by atoms with Gasteiger partial charge in [0.25, 0.3) is 11.8 Å². The van der Waals surface area contributed by atoms with Crippen molar-refractivity contribution in [1.29, 1.82) is 0 Å². The summed E-state index contributed by atoms with van der Waals surface area (Å²) in [6, 6.07) is 5.71. The molecule has 2 aromatic rings. The van der Waals surface area contributed by atoms with Crippen LogP contribution in [0.3, 0.4) is 0 Å². The Labute approximate surface area is 207 Å². The number of hydrogen-bond donors (Lipinski definition) is 4. The zero-order valence-electron chi connectivity index (χ0n) is 18.3. The number of carbonyl (C=O) groups is 2. The zero-order valence-corrected chi connectivity index (χ0v) is 20.0. The van der Waals surface area contributed by atoms with Gasteiger partial charge in [0.15, 0.2) is 0 Å². The molecule has 2 amide bonds. The Balaban J connectivity index is 0.00000274. The Morgan fingerprint density at radius 2 is 2.03 bits per heavy atom. The first-order valence-corrected chi connectivity index (χ1v) is 11.9. The van der Waals surface area contributed by atoms with Gasteiger partial charge in [-0.3, -0.25) is 9.59 Å². The minimum absolute atomic E-state index is 0. The van der Waals surface area contributed by atoms with E-state index in [-0.39, 0.29) is 24.4 Å². The van der Waals surface area contributed by atoms with E-state index in [4.69, 9.17) is 9.47 Å². The summed E-state index contributed by atoms with van der Waals surface area (Å²) in [5.41, 5.74) is -0.169. The maximum Gasteiger partial charge on any atom is 0.259 e. The summed E-state index contributed by atoms with van der Waals surface area (Å²) in [5.74, 6) is 1.26. The highest BCUT2D eigenvalue weighted by Gasteiger charge is 2.40. The maximum absolute atomic E-state index is 12.9. The second kappa shape index (κ2) is 10.3. The number of carbonyl (C=O) groups excluding carboxylic acids is 2. The molecule has 3 aliphatic rings. The molecule has 1 aliphatic carbocycles. The average Bonchev–Trinajstić information content (AvgIpc) is 2.83. The van der Waals surface area contributed by atoms with Crippen LogP contribution in [0.25, 0.3) is 0 Å². The number of halogens is 1. The predicted octanol–water partition coefficient (Wildman–Crippen LogP) is 2.12. The van der Waals surface area contributed by atoms with Crippen LogP contribution in [-0.4, -0.2) is 57.5 Å². The van der Waals surface area contributed by atoms with Gasteiger partial charge in [-0.15, -0.1) is 24.2 Å². The first-order valence-electron chi connectivity index (χ1n) is 10.9. The van der Waals surface area contributed by atoms with E-state index in [2.05, 4.69) is 25.9 Å². The quantitative estimate of drug-likeness (QED) is 0.480. The third-order valence-electron chi connectivity index (χ3n) is 6.03. The minimum Gasteiger partial charge on any atom is -0.483 e. The smallest absolute Gasteiger partial charge is 0.259 e. The summed E-state index contributed by atoms with van der Waals surface area (Å²) in [6.45, 7) is 1.33. The summed E-state index contributed by atoms with van der Waals surface area (Å²) < 4.78 is 11.0. The highest BCUT2D eigenvalue weighted by molar-refractivity contribution is 8.00. The van der Waals surface area contributed by atoms with E-state index in [9.17, 15) is 14.7 Å². The third-order valence-corrected chi connectivity index (χ3v) is 7.08. The van der Waals surface area contributed by atoms with Crippen molar-refractivity contribution in [3.63, 3.8) is 0 Å². The van der Waals surface area contributed by atoms with Gasteiger partial charge in [-0.05, 0) is 43.9 Å². The first kappa shape index (κ1) is 24.5. The third kappa shape index (κ3) is 5.22. The predicted molar refractivity (Wildman–Crippen MR) is 129 cm³/mol. The number of nitrogens with one attached hydrogen (secondary N) is 3. The van der Waals surface area contributed by atoms with Crippen LogP contribution in [0.4, 0.5) is 11.5 Å². The molecule has 182 valence electrons. The van der Waals surface area contributed by atoms with Crippen LogP contribution in [0.2, 0.25) is 0 Å². The van der Waals surface area contributed by atoms with Crippen molar-refractivity contribution in [3.8, 4) is 11.6 Å². The molecule has 0 bridgehead atoms. The van der Waals surface area contributed by atoms with Crippen LogP contribution >= 0.6 is 24.2 Å². The summed E-state index contributed by atoms with van der Waals surface area (Å²) in [4.78, 5) is 34.1. The molecule has 10 nitrogen and oxygen atoms in total. The molecule has 0 aromatic carbocycles. The molecule has 34 heavy (non-hydrogen) atoms. The highest BCUT2D eigenvalue weighted by Crippen LogP contribution is 2.37. The molecule has 0 atom stereocenters. The largest absolute Gasteiger partial charge is 0.483 e. The number of thioether (sulfide) groups is 1. The van der Waals surface area contributed by atoms with Gasteiger partial charge in [0.2, 0.25) is 11.7 Å². The number of aliphatic hydroxyl groups is 1. The molecule has 1 saturated carbocycles. The van der Waals surface area contributed by atoms with Crippen LogP contribution < -0.4 is 25.4 Å². The zero-order chi connectivity index (χ0) is 22.8. The topological polar surface area (TPSA) is 135 Å². The van der Waals surface area contributed by atoms with E-state index in [0.29, 0.717) is 74.3 Å². The lowest BCUT2D eigenvalue weighted by Gasteiger charge is -2.35. The molecule has 0 radical (unpaired) electrons. The average molecular weight is 508 g/mol. The molecule has 2 aromatic heterocycles. The number of pyridine rings is 2. The van der Waals surface area contributed by atoms with Gasteiger partial charge in [-0.2, -0.15) is 0 Å². The number of nitrogens with zero attached hydrogens (tertiary/aromatic N) is 2. The summed E-state index contributed by atoms with van der Waals surface area (Å²) >= 11 is 1.48. The monoisotopic (exact) mass is 507 g/mol. The van der Waals surface area contributed by atoms with Crippen molar-refractivity contribution in [3.05, 3.63) is 30.1 Å². The molecule has 5 rings (SSSR count). The highest BCUT2D eigenvalue weighted by atomic mass is 35.5. The fourth-order valence-electron chi connectivity index (χ4n) is 4.17. The molecule has 12 heteroatoms. The van der Waals surface area contributed by atoms with E-state index in [1.54, 1.807) is 6.07 Å². The lowest BCUT2D eigenvalue weighted by atomic mass is 9.81. The number of fused-ring (bicyclic) bond motifs is 2. The molecule has 2 aliphatic heterocycles. The van der Waals surface area contributed by atoms with Gasteiger partial charge in [0, 0.05) is 18.8 Å². The van der Waals surface area contributed by atoms with Crippen LogP contribution in [0, 0.1) is 0 Å². The molecule has 4 N–H and O–H groups in total. The second-order valence-electron chi connectivity index (χ2n) is 8.32. The van der Waals surface area contributed by atoms with Crippen molar-refractivity contribution in [2.45, 2.75) is 48.8 Å². The number of hydrogen-bond acceptors (Lipinski definition) is 9. The fourth-order valence-corrected chi connectivity index (χ4v) is 4.93. The molecule has 0 spiro atoms. The van der Waals surface area contributed by atoms with E-state index < -0.39 is 11.5 Å². The normalized spacial score (nSPS) is 23.2. The van der Waals surface area contributed by atoms with Crippen molar-refractivity contribution in [1.82, 2.24) is 15.3 Å². The lowest BCUT2D eigenvalue weighted by Crippen LogP contribution is -2.48. The van der Waals surface area contributed by atoms with Crippen LogP contribution in [0.15, 0.2) is 29.3 Å². The van der Waals surface area contributed by atoms with Crippen LogP contribution in [0.5, 0.6) is 11.6 Å². The van der Waals surface area contributed by atoms with Gasteiger partial charge < -0.3 is 30.5 Å². The summed E-state index contributed by atoms with van der Waals surface area (Å²) in [6.07, 6.45) is 3.51. The van der Waals surface area contributed by atoms with E-state index >= 15 is 0 Å². The Kier molecular flexibility index (Phi) is 7.46. The van der Waals surface area contributed by atoms with Crippen LogP contribution in [0.1, 0.15) is 31.4 Å². The van der Waals surface area contributed by atoms with Gasteiger partial charge in [-0.1, -0.05) is 0 Å². The minimum atomic E-state index is -1.45. The Morgan fingerprint density at radius 3 is 2.85 bits per heavy atom. The molecule has 1 fully saturated rings. The second-order valence-corrected chi connectivity index (χ2v) is 9.33. The number of amides is 2. The standard InChI is InChI=1S/C22H25N5O5S.ClH/c28-17-12-33-16-2-1-14(25-19(16)27-17)11-24-13-3-6-22(30,7-4-13)21(29)26-15-5-8-23-20-18(15)31-9-10-32-20;/h1-2,5,8,13,24,30H,3-4,6-7,9-12H2,(H,23,26,29)(H,25,27,28);1H/t13-,22-;. The Hall–Kier alpha value is -2.60. The first-order chi connectivity index (χ1) is 16.0. The van der Waals surface area contributed by atoms with Crippen molar-refractivity contribution in [2.75, 3.05) is 29.6 Å². The maximum atomic E-state index is 12.9. The molecular formula is C22H26ClN5O5S.